The molecule has 0 N–H and O–H groups in total. The molecular weight excluding hydrogens is 334 g/mol. The van der Waals surface area contributed by atoms with Crippen LogP contribution >= 0.6 is 23.4 Å². The molecule has 0 saturated carbocycles. The second kappa shape index (κ2) is 8.93. The van der Waals surface area contributed by atoms with E-state index in [1.165, 1.54) is 11.8 Å². The van der Waals surface area contributed by atoms with Crippen LogP contribution in [0.2, 0.25) is 5.02 Å². The summed E-state index contributed by atoms with van der Waals surface area (Å²) in [7, 11) is 0. The van der Waals surface area contributed by atoms with E-state index in [2.05, 4.69) is 24.0 Å². The van der Waals surface area contributed by atoms with Gasteiger partial charge in [0.2, 0.25) is 11.8 Å². The first-order chi connectivity index (χ1) is 11.1. The molecule has 1 amide bonds. The third-order valence-electron chi connectivity index (χ3n) is 3.14. The van der Waals surface area contributed by atoms with Gasteiger partial charge in [-0.25, -0.2) is 0 Å². The molecule has 0 aliphatic carbocycles. The van der Waals surface area contributed by atoms with Crippen molar-refractivity contribution in [2.45, 2.75) is 31.9 Å². The molecule has 2 rings (SSSR count). The van der Waals surface area contributed by atoms with E-state index in [9.17, 15) is 4.79 Å². The van der Waals surface area contributed by atoms with Crippen molar-refractivity contribution in [1.82, 2.24) is 15.1 Å². The van der Waals surface area contributed by atoms with E-state index in [0.717, 1.165) is 31.5 Å². The van der Waals surface area contributed by atoms with Gasteiger partial charge in [0.1, 0.15) is 0 Å². The van der Waals surface area contributed by atoms with Crippen LogP contribution in [-0.4, -0.2) is 39.8 Å². The zero-order valence-corrected chi connectivity index (χ0v) is 14.9. The maximum absolute atomic E-state index is 12.2. The first kappa shape index (κ1) is 17.8. The highest BCUT2D eigenvalue weighted by atomic mass is 35.5. The van der Waals surface area contributed by atoms with E-state index >= 15 is 0 Å². The second-order valence-electron chi connectivity index (χ2n) is 5.05. The fourth-order valence-electron chi connectivity index (χ4n) is 2.12. The van der Waals surface area contributed by atoms with Gasteiger partial charge in [0, 0.05) is 23.7 Å². The molecule has 0 aliphatic heterocycles. The average Bonchev–Trinajstić information content (AvgIpc) is 3.01. The third-order valence-corrected chi connectivity index (χ3v) is 4.18. The van der Waals surface area contributed by atoms with E-state index in [1.54, 1.807) is 12.1 Å². The van der Waals surface area contributed by atoms with Crippen LogP contribution in [0.5, 0.6) is 0 Å². The zero-order valence-electron chi connectivity index (χ0n) is 13.3. The number of hydrogen-bond donors (Lipinski definition) is 0. The van der Waals surface area contributed by atoms with Crippen LogP contribution in [0, 0.1) is 0 Å². The molecule has 2 aromatic rings. The van der Waals surface area contributed by atoms with Crippen molar-refractivity contribution in [3.63, 3.8) is 0 Å². The summed E-state index contributed by atoms with van der Waals surface area (Å²) in [4.78, 5) is 14.1. The molecule has 0 radical (unpaired) electrons. The predicted molar refractivity (Wildman–Crippen MR) is 92.6 cm³/mol. The molecule has 0 unspecified atom stereocenters. The quantitative estimate of drug-likeness (QED) is 0.668. The summed E-state index contributed by atoms with van der Waals surface area (Å²) < 4.78 is 5.59. The lowest BCUT2D eigenvalue weighted by atomic mass is 10.2. The summed E-state index contributed by atoms with van der Waals surface area (Å²) in [5.41, 5.74) is 0.766. The molecule has 1 aromatic heterocycles. The van der Waals surface area contributed by atoms with Crippen molar-refractivity contribution in [2.24, 2.45) is 0 Å². The number of halogens is 1. The highest BCUT2D eigenvalue weighted by Crippen LogP contribution is 2.25. The molecule has 23 heavy (non-hydrogen) atoms. The maximum Gasteiger partial charge on any atom is 0.277 e. The highest BCUT2D eigenvalue weighted by molar-refractivity contribution is 7.99. The lowest BCUT2D eigenvalue weighted by molar-refractivity contribution is -0.128. The molecule has 7 heteroatoms. The van der Waals surface area contributed by atoms with Crippen LogP contribution in [-0.2, 0) is 4.79 Å². The van der Waals surface area contributed by atoms with Gasteiger partial charge < -0.3 is 9.32 Å². The number of benzene rings is 1. The van der Waals surface area contributed by atoms with E-state index in [1.807, 2.05) is 17.0 Å². The largest absolute Gasteiger partial charge is 0.411 e. The molecule has 1 aromatic carbocycles. The summed E-state index contributed by atoms with van der Waals surface area (Å²) in [6.07, 6.45) is 1.91. The maximum atomic E-state index is 12.2. The van der Waals surface area contributed by atoms with Gasteiger partial charge in [-0.3, -0.25) is 4.79 Å². The molecule has 0 saturated heterocycles. The topological polar surface area (TPSA) is 59.2 Å². The normalized spacial score (nSPS) is 10.7. The lowest BCUT2D eigenvalue weighted by Gasteiger charge is -2.20. The minimum absolute atomic E-state index is 0.0983. The Balaban J connectivity index is 1.95. The summed E-state index contributed by atoms with van der Waals surface area (Å²) >= 11 is 7.22. The average molecular weight is 354 g/mol. The monoisotopic (exact) mass is 353 g/mol. The fraction of sp³-hybridized carbons (Fsp3) is 0.438. The number of amides is 1. The van der Waals surface area contributed by atoms with Crippen LogP contribution < -0.4 is 0 Å². The Labute approximate surface area is 145 Å². The summed E-state index contributed by atoms with van der Waals surface area (Å²) in [6.45, 7) is 5.70. The molecule has 5 nitrogen and oxygen atoms in total. The van der Waals surface area contributed by atoms with Crippen LogP contribution in [0.3, 0.4) is 0 Å². The first-order valence-corrected chi connectivity index (χ1v) is 9.00. The number of thioether (sulfide) groups is 1. The van der Waals surface area contributed by atoms with Gasteiger partial charge in [0.05, 0.1) is 5.75 Å². The molecule has 0 spiro atoms. The molecule has 1 heterocycles. The fourth-order valence-corrected chi connectivity index (χ4v) is 2.98. The van der Waals surface area contributed by atoms with Crippen LogP contribution in [0.4, 0.5) is 0 Å². The number of carbonyl (C=O) groups is 1. The van der Waals surface area contributed by atoms with Crippen LogP contribution in [0.1, 0.15) is 26.7 Å². The van der Waals surface area contributed by atoms with Crippen molar-refractivity contribution in [1.29, 1.82) is 0 Å². The minimum atomic E-state index is 0.0983. The molecule has 124 valence electrons. The number of rotatable bonds is 8. The molecule has 0 fully saturated rings. The van der Waals surface area contributed by atoms with Crippen molar-refractivity contribution >= 4 is 29.3 Å². The highest BCUT2D eigenvalue weighted by Gasteiger charge is 2.15. The Morgan fingerprint density at radius 3 is 2.65 bits per heavy atom. The Kier molecular flexibility index (Phi) is 6.92. The van der Waals surface area contributed by atoms with Crippen LogP contribution in [0.15, 0.2) is 33.9 Å². The zero-order chi connectivity index (χ0) is 16.7. The first-order valence-electron chi connectivity index (χ1n) is 7.64. The van der Waals surface area contributed by atoms with Gasteiger partial charge in [-0.1, -0.05) is 43.3 Å². The second-order valence-corrected chi connectivity index (χ2v) is 6.42. The summed E-state index contributed by atoms with van der Waals surface area (Å²) in [6, 6.07) is 7.22. The number of carbonyl (C=O) groups excluding carboxylic acids is 1. The smallest absolute Gasteiger partial charge is 0.277 e. The van der Waals surface area contributed by atoms with Crippen molar-refractivity contribution < 1.29 is 9.21 Å². The number of aromatic nitrogens is 2. The van der Waals surface area contributed by atoms with Crippen molar-refractivity contribution in [2.75, 3.05) is 18.8 Å². The molecule has 0 aliphatic rings. The Bertz CT molecular complexity index is 642. The van der Waals surface area contributed by atoms with Gasteiger partial charge >= 0.3 is 0 Å². The van der Waals surface area contributed by atoms with E-state index in [-0.39, 0.29) is 5.91 Å². The van der Waals surface area contributed by atoms with Gasteiger partial charge in [0.25, 0.3) is 5.22 Å². The van der Waals surface area contributed by atoms with E-state index < -0.39 is 0 Å². The lowest BCUT2D eigenvalue weighted by Crippen LogP contribution is -2.33. The minimum Gasteiger partial charge on any atom is -0.411 e. The van der Waals surface area contributed by atoms with Gasteiger partial charge in [0.15, 0.2) is 0 Å². The molecular formula is C16H20ClN3O2S. The van der Waals surface area contributed by atoms with Crippen molar-refractivity contribution in [3.8, 4) is 11.5 Å². The summed E-state index contributed by atoms with van der Waals surface area (Å²) in [5, 5.41) is 8.98. The Hall–Kier alpha value is -1.53. The Morgan fingerprint density at radius 2 is 2.00 bits per heavy atom. The standard InChI is InChI=1S/C16H20ClN3O2S/c1-3-8-20(9-4-2)14(21)11-23-16-19-18-15(22-16)12-6-5-7-13(17)10-12/h5-7,10H,3-4,8-9,11H2,1-2H3. The van der Waals surface area contributed by atoms with Crippen LogP contribution in [0.25, 0.3) is 11.5 Å². The molecule has 0 atom stereocenters. The van der Waals surface area contributed by atoms with Gasteiger partial charge in [-0.2, -0.15) is 0 Å². The Morgan fingerprint density at radius 1 is 1.26 bits per heavy atom. The SMILES string of the molecule is CCCN(CCC)C(=O)CSc1nnc(-c2cccc(Cl)c2)o1. The van der Waals surface area contributed by atoms with Gasteiger partial charge in [-0.15, -0.1) is 10.2 Å². The number of hydrogen-bond acceptors (Lipinski definition) is 5. The molecule has 0 bridgehead atoms. The third kappa shape index (κ3) is 5.25. The number of nitrogens with zero attached hydrogens (tertiary/aromatic N) is 3. The van der Waals surface area contributed by atoms with Gasteiger partial charge in [-0.05, 0) is 31.0 Å². The predicted octanol–water partition coefficient (Wildman–Crippen LogP) is 4.13. The van der Waals surface area contributed by atoms with Crippen molar-refractivity contribution in [3.05, 3.63) is 29.3 Å². The van der Waals surface area contributed by atoms with E-state index in [4.69, 9.17) is 16.0 Å². The summed E-state index contributed by atoms with van der Waals surface area (Å²) in [5.74, 6) is 0.805. The van der Waals surface area contributed by atoms with E-state index in [0.29, 0.717) is 21.9 Å².